The second kappa shape index (κ2) is 7.84. The second-order valence-electron chi connectivity index (χ2n) is 5.14. The number of ether oxygens (including phenoxy) is 3. The highest BCUT2D eigenvalue weighted by atomic mass is 16.5. The summed E-state index contributed by atoms with van der Waals surface area (Å²) in [5.74, 6) is 1.14. The van der Waals surface area contributed by atoms with Crippen molar-refractivity contribution in [1.82, 2.24) is 0 Å². The molecule has 0 amide bonds. The first-order valence-corrected chi connectivity index (χ1v) is 7.41. The molecule has 1 N–H and O–H groups in total. The Bertz CT molecular complexity index is 532. The van der Waals surface area contributed by atoms with Gasteiger partial charge in [0.2, 0.25) is 0 Å². The van der Waals surface area contributed by atoms with Crippen molar-refractivity contribution in [2.24, 2.45) is 0 Å². The summed E-state index contributed by atoms with van der Waals surface area (Å²) in [6.45, 7) is -0.00122. The molecule has 1 aromatic carbocycles. The van der Waals surface area contributed by atoms with Gasteiger partial charge in [-0.1, -0.05) is 0 Å². The Kier molecular flexibility index (Phi) is 5.83. The molecule has 0 radical (unpaired) electrons. The van der Waals surface area contributed by atoms with Crippen molar-refractivity contribution >= 4 is 5.97 Å². The number of esters is 1. The number of aliphatic hydroxyl groups excluding tert-OH is 1. The highest BCUT2D eigenvalue weighted by Gasteiger charge is 2.28. The molecule has 0 saturated heterocycles. The highest BCUT2D eigenvalue weighted by Crippen LogP contribution is 2.32. The van der Waals surface area contributed by atoms with E-state index in [9.17, 15) is 9.90 Å². The Balaban J connectivity index is 2.19. The van der Waals surface area contributed by atoms with Crippen molar-refractivity contribution in [2.75, 3.05) is 20.8 Å². The van der Waals surface area contributed by atoms with Crippen LogP contribution in [0.1, 0.15) is 25.7 Å². The summed E-state index contributed by atoms with van der Waals surface area (Å²) in [5.41, 5.74) is 1.63. The van der Waals surface area contributed by atoms with Crippen molar-refractivity contribution in [2.45, 2.75) is 31.8 Å². The molecule has 0 spiro atoms. The van der Waals surface area contributed by atoms with Gasteiger partial charge in [0, 0.05) is 18.6 Å². The summed E-state index contributed by atoms with van der Waals surface area (Å²) in [5, 5.41) is 9.30. The van der Waals surface area contributed by atoms with Gasteiger partial charge in [0.25, 0.3) is 0 Å². The molecule has 0 bridgehead atoms. The standard InChI is InChI=1S/C17H22O5/c1-20-12-6-8-13(9-7-12)22-16(10-11-18)14-4-3-5-15(14)17(19)21-2/h6-9,16,18H,3-5,10-11H2,1-2H3/t16-/m0/s1. The molecule has 1 aliphatic rings. The zero-order valence-electron chi connectivity index (χ0n) is 13.0. The van der Waals surface area contributed by atoms with Crippen LogP contribution in [-0.4, -0.2) is 38.0 Å². The van der Waals surface area contributed by atoms with Crippen molar-refractivity contribution < 1.29 is 24.1 Å². The average molecular weight is 306 g/mol. The molecule has 0 fully saturated rings. The molecule has 2 rings (SSSR count). The first kappa shape index (κ1) is 16.4. The van der Waals surface area contributed by atoms with E-state index in [1.807, 2.05) is 24.3 Å². The van der Waals surface area contributed by atoms with Crippen LogP contribution in [0, 0.1) is 0 Å². The zero-order chi connectivity index (χ0) is 15.9. The van der Waals surface area contributed by atoms with Crippen LogP contribution < -0.4 is 9.47 Å². The van der Waals surface area contributed by atoms with E-state index in [4.69, 9.17) is 14.2 Å². The zero-order valence-corrected chi connectivity index (χ0v) is 13.0. The third-order valence-electron chi connectivity index (χ3n) is 3.81. The van der Waals surface area contributed by atoms with Gasteiger partial charge in [0.15, 0.2) is 0 Å². The van der Waals surface area contributed by atoms with E-state index >= 15 is 0 Å². The first-order chi connectivity index (χ1) is 10.7. The fourth-order valence-corrected chi connectivity index (χ4v) is 2.72. The fourth-order valence-electron chi connectivity index (χ4n) is 2.72. The predicted molar refractivity (Wildman–Crippen MR) is 82.0 cm³/mol. The lowest BCUT2D eigenvalue weighted by Gasteiger charge is -2.21. The minimum absolute atomic E-state index is 0.00122. The molecular formula is C17H22O5. The smallest absolute Gasteiger partial charge is 0.333 e. The monoisotopic (exact) mass is 306 g/mol. The normalized spacial score (nSPS) is 15.6. The Labute approximate surface area is 130 Å². The van der Waals surface area contributed by atoms with E-state index < -0.39 is 0 Å². The molecule has 22 heavy (non-hydrogen) atoms. The minimum atomic E-state index is -0.310. The van der Waals surface area contributed by atoms with Crippen molar-refractivity contribution in [3.63, 3.8) is 0 Å². The van der Waals surface area contributed by atoms with Crippen LogP contribution >= 0.6 is 0 Å². The number of methoxy groups -OCH3 is 2. The molecule has 0 heterocycles. The van der Waals surface area contributed by atoms with Crippen LogP contribution in [0.2, 0.25) is 0 Å². The number of aliphatic hydroxyl groups is 1. The summed E-state index contributed by atoms with van der Waals surface area (Å²) in [7, 11) is 2.99. The largest absolute Gasteiger partial charge is 0.497 e. The lowest BCUT2D eigenvalue weighted by Crippen LogP contribution is -2.22. The Hall–Kier alpha value is -2.01. The SMILES string of the molecule is COC(=O)C1=C([C@H](CCO)Oc2ccc(OC)cc2)CCC1. The molecule has 1 atom stereocenters. The quantitative estimate of drug-likeness (QED) is 0.784. The van der Waals surface area contributed by atoms with E-state index in [1.165, 1.54) is 7.11 Å². The Morgan fingerprint density at radius 2 is 1.86 bits per heavy atom. The van der Waals surface area contributed by atoms with E-state index in [0.717, 1.165) is 24.2 Å². The molecule has 5 nitrogen and oxygen atoms in total. The van der Waals surface area contributed by atoms with Gasteiger partial charge in [-0.15, -0.1) is 0 Å². The maximum Gasteiger partial charge on any atom is 0.333 e. The topological polar surface area (TPSA) is 65.0 Å². The van der Waals surface area contributed by atoms with Crippen molar-refractivity contribution in [3.8, 4) is 11.5 Å². The molecule has 0 aliphatic heterocycles. The van der Waals surface area contributed by atoms with Crippen LogP contribution in [0.4, 0.5) is 0 Å². The second-order valence-corrected chi connectivity index (χ2v) is 5.14. The summed E-state index contributed by atoms with van der Waals surface area (Å²) in [6, 6.07) is 7.26. The van der Waals surface area contributed by atoms with Gasteiger partial charge in [-0.2, -0.15) is 0 Å². The minimum Gasteiger partial charge on any atom is -0.497 e. The molecule has 5 heteroatoms. The maximum atomic E-state index is 11.9. The Morgan fingerprint density at radius 1 is 1.18 bits per heavy atom. The lowest BCUT2D eigenvalue weighted by molar-refractivity contribution is -0.136. The Morgan fingerprint density at radius 3 is 2.45 bits per heavy atom. The van der Waals surface area contributed by atoms with Gasteiger partial charge >= 0.3 is 5.97 Å². The third kappa shape index (κ3) is 3.80. The van der Waals surface area contributed by atoms with E-state index in [2.05, 4.69) is 0 Å². The van der Waals surface area contributed by atoms with Gasteiger partial charge in [0.1, 0.15) is 17.6 Å². The molecule has 1 aromatic rings. The van der Waals surface area contributed by atoms with E-state index in [0.29, 0.717) is 24.2 Å². The maximum absolute atomic E-state index is 11.9. The van der Waals surface area contributed by atoms with Crippen LogP contribution in [0.3, 0.4) is 0 Å². The number of hydrogen-bond acceptors (Lipinski definition) is 5. The molecule has 0 aromatic heterocycles. The predicted octanol–water partition coefficient (Wildman–Crippen LogP) is 2.48. The summed E-state index contributed by atoms with van der Waals surface area (Å²) in [6.07, 6.45) is 2.55. The van der Waals surface area contributed by atoms with Crippen LogP contribution in [0.25, 0.3) is 0 Å². The summed E-state index contributed by atoms with van der Waals surface area (Å²) < 4.78 is 15.9. The highest BCUT2D eigenvalue weighted by molar-refractivity contribution is 5.90. The van der Waals surface area contributed by atoms with Gasteiger partial charge in [0.05, 0.1) is 14.2 Å². The van der Waals surface area contributed by atoms with Crippen LogP contribution in [-0.2, 0) is 9.53 Å². The van der Waals surface area contributed by atoms with E-state index in [-0.39, 0.29) is 18.7 Å². The summed E-state index contributed by atoms with van der Waals surface area (Å²) in [4.78, 5) is 11.9. The lowest BCUT2D eigenvalue weighted by atomic mass is 10.0. The van der Waals surface area contributed by atoms with Crippen LogP contribution in [0.5, 0.6) is 11.5 Å². The third-order valence-corrected chi connectivity index (χ3v) is 3.81. The van der Waals surface area contributed by atoms with Gasteiger partial charge in [-0.25, -0.2) is 4.79 Å². The molecule has 0 unspecified atom stereocenters. The summed E-state index contributed by atoms with van der Waals surface area (Å²) >= 11 is 0. The first-order valence-electron chi connectivity index (χ1n) is 7.41. The number of carbonyl (C=O) groups excluding carboxylic acids is 1. The average Bonchev–Trinajstić information content (AvgIpc) is 3.04. The molecule has 120 valence electrons. The molecule has 1 aliphatic carbocycles. The molecule has 0 saturated carbocycles. The van der Waals surface area contributed by atoms with Crippen molar-refractivity contribution in [3.05, 3.63) is 35.4 Å². The number of hydrogen-bond donors (Lipinski definition) is 1. The van der Waals surface area contributed by atoms with Gasteiger partial charge in [-0.3, -0.25) is 0 Å². The number of benzene rings is 1. The number of carbonyl (C=O) groups is 1. The fraction of sp³-hybridized carbons (Fsp3) is 0.471. The van der Waals surface area contributed by atoms with Crippen LogP contribution in [0.15, 0.2) is 35.4 Å². The van der Waals surface area contributed by atoms with Gasteiger partial charge in [-0.05, 0) is 49.1 Å². The van der Waals surface area contributed by atoms with Crippen molar-refractivity contribution in [1.29, 1.82) is 0 Å². The van der Waals surface area contributed by atoms with E-state index in [1.54, 1.807) is 7.11 Å². The number of rotatable bonds is 7. The van der Waals surface area contributed by atoms with Gasteiger partial charge < -0.3 is 19.3 Å². The molecular weight excluding hydrogens is 284 g/mol.